The molecule has 1 aromatic rings. The lowest BCUT2D eigenvalue weighted by Gasteiger charge is -2.40. The lowest BCUT2D eigenvalue weighted by Crippen LogP contribution is -2.53. The number of nitrogens with zero attached hydrogens (tertiary/aromatic N) is 1. The number of ether oxygens (including phenoxy) is 1. The van der Waals surface area contributed by atoms with Crippen molar-refractivity contribution in [1.82, 2.24) is 15.5 Å². The highest BCUT2D eigenvalue weighted by molar-refractivity contribution is 5.99. The van der Waals surface area contributed by atoms with Gasteiger partial charge in [0.25, 0.3) is 5.91 Å². The first kappa shape index (κ1) is 27.6. The van der Waals surface area contributed by atoms with E-state index in [2.05, 4.69) is 22.9 Å². The second-order valence-electron chi connectivity index (χ2n) is 9.99. The summed E-state index contributed by atoms with van der Waals surface area (Å²) >= 11 is 0. The number of urea groups is 1. The molecule has 36 heavy (non-hydrogen) atoms. The summed E-state index contributed by atoms with van der Waals surface area (Å²) in [5, 5.41) is 8.47. The van der Waals surface area contributed by atoms with E-state index in [-0.39, 0.29) is 42.3 Å². The molecule has 0 radical (unpaired) electrons. The Morgan fingerprint density at radius 2 is 1.72 bits per heavy atom. The first-order valence-electron chi connectivity index (χ1n) is 13.2. The Hall–Kier alpha value is -2.94. The van der Waals surface area contributed by atoms with Gasteiger partial charge in [-0.2, -0.15) is 0 Å². The number of ketones is 1. The normalized spacial score (nSPS) is 21.4. The zero-order valence-corrected chi connectivity index (χ0v) is 21.7. The second kappa shape index (κ2) is 12.9. The van der Waals surface area contributed by atoms with E-state index in [9.17, 15) is 19.2 Å². The monoisotopic (exact) mass is 500 g/mol. The number of piperidine rings is 1. The Morgan fingerprint density at radius 3 is 2.28 bits per heavy atom. The lowest BCUT2D eigenvalue weighted by molar-refractivity contribution is -0.128. The number of Topliss-reactive ketones (excluding diaryl/α,β-unsaturated/α-hetero) is 1. The molecular weight excluding hydrogens is 460 g/mol. The summed E-state index contributed by atoms with van der Waals surface area (Å²) < 4.78 is 5.13. The smallest absolute Gasteiger partial charge is 0.321 e. The van der Waals surface area contributed by atoms with Crippen LogP contribution in [0.1, 0.15) is 76.1 Å². The molecule has 4 amide bonds. The summed E-state index contributed by atoms with van der Waals surface area (Å²) in [4.78, 5) is 52.0. The Labute approximate surface area is 213 Å². The maximum absolute atomic E-state index is 13.0. The number of carbonyl (C=O) groups excluding carboxylic acids is 4. The number of anilines is 1. The van der Waals surface area contributed by atoms with Crippen LogP contribution in [0.5, 0.6) is 0 Å². The van der Waals surface area contributed by atoms with Crippen LogP contribution < -0.4 is 16.0 Å². The van der Waals surface area contributed by atoms with Crippen molar-refractivity contribution < 1.29 is 23.9 Å². The molecule has 3 aliphatic rings. The fraction of sp³-hybridized carbons (Fsp3) is 0.630. The molecule has 1 unspecified atom stereocenters. The van der Waals surface area contributed by atoms with Crippen molar-refractivity contribution in [2.75, 3.05) is 31.6 Å². The summed E-state index contributed by atoms with van der Waals surface area (Å²) in [5.41, 5.74) is 1.00. The summed E-state index contributed by atoms with van der Waals surface area (Å²) in [6, 6.07) is 5.10. The molecule has 198 valence electrons. The molecular formula is C27H40N4O5. The highest BCUT2D eigenvalue weighted by Gasteiger charge is 2.38. The number of amides is 4. The van der Waals surface area contributed by atoms with Crippen molar-refractivity contribution in [3.05, 3.63) is 29.8 Å². The number of hydrogen-bond donors (Lipinski definition) is 3. The van der Waals surface area contributed by atoms with Crippen molar-refractivity contribution in [2.45, 2.75) is 77.8 Å². The number of hydrogen-bond acceptors (Lipinski definition) is 5. The van der Waals surface area contributed by atoms with Crippen LogP contribution >= 0.6 is 0 Å². The Morgan fingerprint density at radius 1 is 1.06 bits per heavy atom. The van der Waals surface area contributed by atoms with Crippen LogP contribution in [0.4, 0.5) is 10.5 Å². The molecule has 0 aromatic heterocycles. The van der Waals surface area contributed by atoms with E-state index in [1.165, 1.54) is 0 Å². The fourth-order valence-corrected chi connectivity index (χ4v) is 4.80. The van der Waals surface area contributed by atoms with Gasteiger partial charge in [0.15, 0.2) is 5.78 Å². The third kappa shape index (κ3) is 7.29. The third-order valence-electron chi connectivity index (χ3n) is 7.16. The van der Waals surface area contributed by atoms with Crippen molar-refractivity contribution >= 4 is 29.3 Å². The average molecular weight is 501 g/mol. The van der Waals surface area contributed by atoms with Gasteiger partial charge in [0.2, 0.25) is 5.91 Å². The van der Waals surface area contributed by atoms with Crippen molar-refractivity contribution in [1.29, 1.82) is 0 Å². The predicted octanol–water partition coefficient (Wildman–Crippen LogP) is 3.49. The quantitative estimate of drug-likeness (QED) is 0.530. The van der Waals surface area contributed by atoms with Crippen LogP contribution in [0, 0.1) is 5.41 Å². The van der Waals surface area contributed by atoms with Crippen LogP contribution in [-0.4, -0.2) is 66.9 Å². The molecule has 2 aliphatic heterocycles. The van der Waals surface area contributed by atoms with E-state index >= 15 is 0 Å². The minimum absolute atomic E-state index is 0.000332. The summed E-state index contributed by atoms with van der Waals surface area (Å²) in [5.74, 6) is -0.891. The van der Waals surface area contributed by atoms with Gasteiger partial charge in [0.05, 0.1) is 6.61 Å². The molecule has 2 heterocycles. The van der Waals surface area contributed by atoms with Crippen LogP contribution in [0.25, 0.3) is 0 Å². The number of benzene rings is 1. The highest BCUT2D eigenvalue weighted by atomic mass is 16.5. The Balaban J connectivity index is 0.00000176. The van der Waals surface area contributed by atoms with Gasteiger partial charge in [-0.25, -0.2) is 4.79 Å². The molecule has 2 atom stereocenters. The van der Waals surface area contributed by atoms with Crippen molar-refractivity contribution in [3.63, 3.8) is 0 Å². The van der Waals surface area contributed by atoms with Crippen molar-refractivity contribution in [2.24, 2.45) is 5.41 Å². The molecule has 9 heteroatoms. The maximum Gasteiger partial charge on any atom is 0.321 e. The zero-order chi connectivity index (χ0) is 26.1. The van der Waals surface area contributed by atoms with Crippen molar-refractivity contribution in [3.8, 4) is 0 Å². The largest absolute Gasteiger partial charge is 0.371 e. The number of nitrogens with one attached hydrogen (secondary N) is 3. The van der Waals surface area contributed by atoms with E-state index in [4.69, 9.17) is 4.74 Å². The van der Waals surface area contributed by atoms with Crippen LogP contribution in [-0.2, 0) is 14.3 Å². The molecule has 1 aromatic carbocycles. The Bertz CT molecular complexity index is 923. The molecule has 3 fully saturated rings. The second-order valence-corrected chi connectivity index (χ2v) is 9.99. The van der Waals surface area contributed by atoms with E-state index in [1.54, 1.807) is 29.2 Å². The maximum atomic E-state index is 13.0. The van der Waals surface area contributed by atoms with Gasteiger partial charge in [0.1, 0.15) is 18.7 Å². The first-order valence-corrected chi connectivity index (χ1v) is 13.2. The van der Waals surface area contributed by atoms with Gasteiger partial charge < -0.3 is 25.6 Å². The fourth-order valence-electron chi connectivity index (χ4n) is 4.80. The van der Waals surface area contributed by atoms with E-state index in [0.29, 0.717) is 17.7 Å². The van der Waals surface area contributed by atoms with Gasteiger partial charge in [-0.3, -0.25) is 14.4 Å². The summed E-state index contributed by atoms with van der Waals surface area (Å²) in [6.07, 6.45) is 6.81. The van der Waals surface area contributed by atoms with E-state index < -0.39 is 12.1 Å². The summed E-state index contributed by atoms with van der Waals surface area (Å²) in [6.45, 7) is 7.79. The van der Waals surface area contributed by atoms with Crippen LogP contribution in [0.2, 0.25) is 0 Å². The van der Waals surface area contributed by atoms with E-state index in [1.807, 2.05) is 13.8 Å². The molecule has 1 aliphatic carbocycles. The number of carbonyl (C=O) groups is 4. The molecule has 0 bridgehead atoms. The molecule has 1 saturated carbocycles. The topological polar surface area (TPSA) is 117 Å². The zero-order valence-electron chi connectivity index (χ0n) is 21.7. The first-order chi connectivity index (χ1) is 17.3. The third-order valence-corrected chi connectivity index (χ3v) is 7.16. The molecule has 3 N–H and O–H groups in total. The SMILES string of the molecule is CC.CC1(CC(NC(=O)c2ccc(NC(=O)N3CCCCC3)cc2)C(=O)N[C@H]2COCC2=O)CCC1. The minimum atomic E-state index is -0.746. The lowest BCUT2D eigenvalue weighted by atomic mass is 9.67. The molecule has 9 nitrogen and oxygen atoms in total. The van der Waals surface area contributed by atoms with Gasteiger partial charge in [-0.15, -0.1) is 0 Å². The van der Waals surface area contributed by atoms with Crippen LogP contribution in [0.3, 0.4) is 0 Å². The predicted molar refractivity (Wildman–Crippen MR) is 138 cm³/mol. The number of likely N-dealkylation sites (tertiary alicyclic amines) is 1. The standard InChI is InChI=1S/C25H34N4O5.C2H6/c1-25(10-5-11-25)14-19(23(32)28-20-15-34-16-21(20)30)27-22(31)17-6-8-18(9-7-17)26-24(33)29-12-3-2-4-13-29;1-2/h6-9,19-20H,2-5,10-16H2,1H3,(H,26,33)(H,27,31)(H,28,32);1-2H3/t19?,20-;/m0./s1. The minimum Gasteiger partial charge on any atom is -0.371 e. The molecule has 2 saturated heterocycles. The van der Waals surface area contributed by atoms with Gasteiger partial charge in [0, 0.05) is 24.3 Å². The van der Waals surface area contributed by atoms with Gasteiger partial charge in [-0.05, 0) is 68.2 Å². The van der Waals surface area contributed by atoms with Gasteiger partial charge >= 0.3 is 6.03 Å². The molecule has 4 rings (SSSR count). The van der Waals surface area contributed by atoms with Gasteiger partial charge in [-0.1, -0.05) is 27.2 Å². The Kier molecular flexibility index (Phi) is 9.87. The summed E-state index contributed by atoms with van der Waals surface area (Å²) in [7, 11) is 0. The average Bonchev–Trinajstić information content (AvgIpc) is 3.28. The molecule has 0 spiro atoms. The highest BCUT2D eigenvalue weighted by Crippen LogP contribution is 2.44. The number of rotatable bonds is 7. The van der Waals surface area contributed by atoms with Crippen LogP contribution in [0.15, 0.2) is 24.3 Å². The van der Waals surface area contributed by atoms with E-state index in [0.717, 1.165) is 51.6 Å².